The molecule has 0 saturated carbocycles. The molecule has 3 heteroatoms. The summed E-state index contributed by atoms with van der Waals surface area (Å²) in [6.07, 6.45) is 11.7. The molecule has 0 radical (unpaired) electrons. The van der Waals surface area contributed by atoms with Gasteiger partial charge in [-0.3, -0.25) is 0 Å². The number of carbonyl (C=O) groups is 1. The van der Waals surface area contributed by atoms with Gasteiger partial charge in [0.25, 0.3) is 0 Å². The minimum atomic E-state index is -0.909. The lowest BCUT2D eigenvalue weighted by atomic mass is 9.97. The Kier molecular flexibility index (Phi) is 4.75. The van der Waals surface area contributed by atoms with Gasteiger partial charge in [0.1, 0.15) is 0 Å². The Morgan fingerprint density at radius 2 is 2.04 bits per heavy atom. The number of allylic oxidation sites excluding steroid dienone is 6. The second-order valence-electron chi connectivity index (χ2n) is 6.73. The second kappa shape index (κ2) is 6.98. The van der Waals surface area contributed by atoms with Crippen LogP contribution in [-0.4, -0.2) is 15.6 Å². The Hall–Kier alpha value is -2.81. The van der Waals surface area contributed by atoms with Crippen molar-refractivity contribution in [1.29, 1.82) is 0 Å². The normalized spacial score (nSPS) is 14.6. The quantitative estimate of drug-likeness (QED) is 0.803. The van der Waals surface area contributed by atoms with Gasteiger partial charge in [0.2, 0.25) is 0 Å². The molecule has 0 unspecified atom stereocenters. The number of carboxylic acid groups (broad SMARTS) is 1. The van der Waals surface area contributed by atoms with Crippen molar-refractivity contribution >= 4 is 11.5 Å². The number of aromatic nitrogens is 1. The maximum absolute atomic E-state index is 11.2. The van der Waals surface area contributed by atoms with E-state index in [1.807, 2.05) is 16.8 Å². The topological polar surface area (TPSA) is 42.2 Å². The Balaban J connectivity index is 1.94. The fraction of sp³-hybridized carbons (Fsp3) is 0.227. The lowest BCUT2D eigenvalue weighted by molar-refractivity contribution is 0.0697. The average Bonchev–Trinajstić information content (AvgIpc) is 2.99. The van der Waals surface area contributed by atoms with E-state index in [1.54, 1.807) is 18.2 Å². The van der Waals surface area contributed by atoms with Gasteiger partial charge in [0.05, 0.1) is 5.56 Å². The van der Waals surface area contributed by atoms with E-state index >= 15 is 0 Å². The number of aromatic carboxylic acids is 1. The Bertz CT molecular complexity index is 894. The molecule has 1 N–H and O–H groups in total. The van der Waals surface area contributed by atoms with E-state index in [9.17, 15) is 4.79 Å². The first-order valence-electron chi connectivity index (χ1n) is 8.55. The van der Waals surface area contributed by atoms with Crippen LogP contribution in [0.15, 0.2) is 72.1 Å². The van der Waals surface area contributed by atoms with Crippen LogP contribution in [0.5, 0.6) is 0 Å². The van der Waals surface area contributed by atoms with E-state index in [0.717, 1.165) is 17.7 Å². The van der Waals surface area contributed by atoms with Crippen molar-refractivity contribution in [3.63, 3.8) is 0 Å². The molecule has 0 fully saturated rings. The lowest BCUT2D eigenvalue weighted by Crippen LogP contribution is -1.98. The van der Waals surface area contributed by atoms with Crippen LogP contribution in [-0.2, 0) is 0 Å². The zero-order chi connectivity index (χ0) is 18.0. The van der Waals surface area contributed by atoms with E-state index in [1.165, 1.54) is 16.7 Å². The second-order valence-corrected chi connectivity index (χ2v) is 6.73. The van der Waals surface area contributed by atoms with Crippen LogP contribution < -0.4 is 0 Å². The van der Waals surface area contributed by atoms with Crippen LogP contribution in [0.4, 0.5) is 0 Å². The zero-order valence-corrected chi connectivity index (χ0v) is 14.9. The van der Waals surface area contributed by atoms with E-state index in [0.29, 0.717) is 11.5 Å². The van der Waals surface area contributed by atoms with E-state index < -0.39 is 5.97 Å². The summed E-state index contributed by atoms with van der Waals surface area (Å²) in [5.41, 5.74) is 6.27. The monoisotopic (exact) mass is 333 g/mol. The number of nitrogens with zero attached hydrogens (tertiary/aromatic N) is 1. The van der Waals surface area contributed by atoms with Crippen molar-refractivity contribution in [3.8, 4) is 5.69 Å². The molecule has 3 nitrogen and oxygen atoms in total. The van der Waals surface area contributed by atoms with Crippen LogP contribution in [0.3, 0.4) is 0 Å². The summed E-state index contributed by atoms with van der Waals surface area (Å²) >= 11 is 0. The molecule has 1 aliphatic carbocycles. The number of rotatable bonds is 4. The molecule has 25 heavy (non-hydrogen) atoms. The molecule has 128 valence electrons. The van der Waals surface area contributed by atoms with Gasteiger partial charge in [-0.05, 0) is 65.8 Å². The van der Waals surface area contributed by atoms with Gasteiger partial charge in [-0.2, -0.15) is 0 Å². The summed E-state index contributed by atoms with van der Waals surface area (Å²) in [4.78, 5) is 11.2. The highest BCUT2D eigenvalue weighted by atomic mass is 16.4. The fourth-order valence-corrected chi connectivity index (χ4v) is 3.24. The Morgan fingerprint density at radius 3 is 2.76 bits per heavy atom. The summed E-state index contributed by atoms with van der Waals surface area (Å²) in [5.74, 6) is -0.400. The van der Waals surface area contributed by atoms with Crippen molar-refractivity contribution in [2.45, 2.75) is 27.2 Å². The van der Waals surface area contributed by atoms with Crippen LogP contribution in [0.1, 0.15) is 43.1 Å². The summed E-state index contributed by atoms with van der Waals surface area (Å²) in [6.45, 7) is 6.60. The number of benzene rings is 1. The third-order valence-corrected chi connectivity index (χ3v) is 4.56. The minimum Gasteiger partial charge on any atom is -0.478 e. The summed E-state index contributed by atoms with van der Waals surface area (Å²) in [7, 11) is 0. The fourth-order valence-electron chi connectivity index (χ4n) is 3.24. The smallest absolute Gasteiger partial charge is 0.335 e. The number of hydrogen-bond donors (Lipinski definition) is 1. The summed E-state index contributed by atoms with van der Waals surface area (Å²) < 4.78 is 1.97. The Labute approximate surface area is 148 Å². The molecule has 0 saturated heterocycles. The molecule has 2 aromatic rings. The molecule has 0 amide bonds. The van der Waals surface area contributed by atoms with Crippen LogP contribution in [0.2, 0.25) is 0 Å². The molecule has 0 bridgehead atoms. The Morgan fingerprint density at radius 1 is 1.24 bits per heavy atom. The largest absolute Gasteiger partial charge is 0.478 e. The third-order valence-electron chi connectivity index (χ3n) is 4.56. The molecule has 1 heterocycles. The van der Waals surface area contributed by atoms with E-state index in [2.05, 4.69) is 51.3 Å². The number of hydrogen-bond acceptors (Lipinski definition) is 1. The number of carboxylic acids is 1. The van der Waals surface area contributed by atoms with Gasteiger partial charge in [0.15, 0.2) is 0 Å². The van der Waals surface area contributed by atoms with Crippen LogP contribution >= 0.6 is 0 Å². The van der Waals surface area contributed by atoms with Gasteiger partial charge < -0.3 is 9.67 Å². The molecular formula is C22H23NO2. The van der Waals surface area contributed by atoms with Gasteiger partial charge >= 0.3 is 5.97 Å². The molecule has 0 atom stereocenters. The molecule has 0 spiro atoms. The van der Waals surface area contributed by atoms with E-state index in [4.69, 9.17) is 5.11 Å². The summed E-state index contributed by atoms with van der Waals surface area (Å²) in [5, 5.41) is 9.16. The maximum Gasteiger partial charge on any atom is 0.335 e. The zero-order valence-electron chi connectivity index (χ0n) is 14.9. The third kappa shape index (κ3) is 3.66. The SMILES string of the molecule is CC1=C(C(C)C)C=CCC(c2ccn(-c3cccc(C(=O)O)c3)c2)=C1. The summed E-state index contributed by atoms with van der Waals surface area (Å²) in [6, 6.07) is 9.07. The molecule has 1 aliphatic rings. The van der Waals surface area contributed by atoms with Crippen molar-refractivity contribution in [2.24, 2.45) is 5.92 Å². The van der Waals surface area contributed by atoms with Gasteiger partial charge in [0, 0.05) is 18.1 Å². The molecule has 0 aliphatic heterocycles. The maximum atomic E-state index is 11.2. The predicted molar refractivity (Wildman–Crippen MR) is 102 cm³/mol. The van der Waals surface area contributed by atoms with Crippen molar-refractivity contribution in [1.82, 2.24) is 4.57 Å². The first-order chi connectivity index (χ1) is 12.0. The predicted octanol–water partition coefficient (Wildman–Crippen LogP) is 5.49. The molecule has 1 aromatic carbocycles. The van der Waals surface area contributed by atoms with Crippen molar-refractivity contribution in [3.05, 3.63) is 83.2 Å². The molecular weight excluding hydrogens is 310 g/mol. The highest BCUT2D eigenvalue weighted by Crippen LogP contribution is 2.29. The van der Waals surface area contributed by atoms with Gasteiger partial charge in [-0.1, -0.05) is 38.1 Å². The van der Waals surface area contributed by atoms with Crippen molar-refractivity contribution < 1.29 is 9.90 Å². The minimum absolute atomic E-state index is 0.296. The standard InChI is InChI=1S/C22H23NO2/c1-15(2)21-9-5-6-17(12-16(21)3)19-10-11-23(14-19)20-8-4-7-18(13-20)22(24)25/h4-5,7-15H,6H2,1-3H3,(H,24,25). The van der Waals surface area contributed by atoms with E-state index in [-0.39, 0.29) is 0 Å². The first-order valence-corrected chi connectivity index (χ1v) is 8.55. The van der Waals surface area contributed by atoms with Crippen LogP contribution in [0, 0.1) is 5.92 Å². The van der Waals surface area contributed by atoms with Gasteiger partial charge in [-0.25, -0.2) is 4.79 Å². The molecule has 1 aromatic heterocycles. The first kappa shape index (κ1) is 17.0. The molecule has 3 rings (SSSR count). The lowest BCUT2D eigenvalue weighted by Gasteiger charge is -2.08. The highest BCUT2D eigenvalue weighted by molar-refractivity contribution is 5.88. The average molecular weight is 333 g/mol. The van der Waals surface area contributed by atoms with Crippen molar-refractivity contribution in [2.75, 3.05) is 0 Å². The van der Waals surface area contributed by atoms with Crippen LogP contribution in [0.25, 0.3) is 11.3 Å². The highest BCUT2D eigenvalue weighted by Gasteiger charge is 2.11. The van der Waals surface area contributed by atoms with Gasteiger partial charge in [-0.15, -0.1) is 0 Å².